The first-order valence-electron chi connectivity index (χ1n) is 6.07. The van der Waals surface area contributed by atoms with Crippen LogP contribution in [-0.4, -0.2) is 26.3 Å². The quantitative estimate of drug-likeness (QED) is 0.860. The summed E-state index contributed by atoms with van der Waals surface area (Å²) in [6.07, 6.45) is 2.09. The van der Waals surface area contributed by atoms with Crippen LogP contribution in [0.15, 0.2) is 24.3 Å². The lowest BCUT2D eigenvalue weighted by Gasteiger charge is -2.31. The maximum Gasteiger partial charge on any atom is 0.0991 e. The van der Waals surface area contributed by atoms with Crippen molar-refractivity contribution in [2.45, 2.75) is 18.9 Å². The molecular weight excluding hydrogens is 212 g/mol. The van der Waals surface area contributed by atoms with Gasteiger partial charge in [-0.15, -0.1) is 0 Å². The molecule has 1 heterocycles. The third-order valence-corrected chi connectivity index (χ3v) is 3.43. The summed E-state index contributed by atoms with van der Waals surface area (Å²) in [6.45, 7) is 1.68. The van der Waals surface area contributed by atoms with Gasteiger partial charge in [-0.25, -0.2) is 0 Å². The zero-order chi connectivity index (χ0) is 12.1. The number of ether oxygens (including phenoxy) is 1. The zero-order valence-corrected chi connectivity index (χ0v) is 10.1. The van der Waals surface area contributed by atoms with E-state index in [9.17, 15) is 0 Å². The lowest BCUT2D eigenvalue weighted by atomic mass is 9.89. The molecule has 0 unspecified atom stereocenters. The molecule has 1 N–H and O–H groups in total. The van der Waals surface area contributed by atoms with Gasteiger partial charge in [-0.05, 0) is 37.6 Å². The van der Waals surface area contributed by atoms with Gasteiger partial charge < -0.3 is 10.1 Å². The molecule has 1 aliphatic rings. The summed E-state index contributed by atoms with van der Waals surface area (Å²) in [7, 11) is 2.02. The summed E-state index contributed by atoms with van der Waals surface area (Å²) in [5.74, 6) is 0.529. The average Bonchev–Trinajstić information content (AvgIpc) is 2.40. The minimum absolute atomic E-state index is 0.529. The van der Waals surface area contributed by atoms with Crippen molar-refractivity contribution in [2.75, 3.05) is 20.3 Å². The van der Waals surface area contributed by atoms with Gasteiger partial charge in [0, 0.05) is 18.6 Å². The summed E-state index contributed by atoms with van der Waals surface area (Å²) >= 11 is 0. The fourth-order valence-corrected chi connectivity index (χ4v) is 2.40. The van der Waals surface area contributed by atoms with Crippen molar-refractivity contribution in [3.05, 3.63) is 35.4 Å². The minimum Gasteiger partial charge on any atom is -0.381 e. The van der Waals surface area contributed by atoms with Gasteiger partial charge in [0.2, 0.25) is 0 Å². The van der Waals surface area contributed by atoms with Crippen molar-refractivity contribution in [3.63, 3.8) is 0 Å². The average molecular weight is 230 g/mol. The van der Waals surface area contributed by atoms with E-state index >= 15 is 0 Å². The third-order valence-electron chi connectivity index (χ3n) is 3.43. The Hall–Kier alpha value is -1.37. The molecule has 0 radical (unpaired) electrons. The van der Waals surface area contributed by atoms with Crippen molar-refractivity contribution in [1.82, 2.24) is 5.32 Å². The highest BCUT2D eigenvalue weighted by Crippen LogP contribution is 2.19. The molecular formula is C14H18N2O. The van der Waals surface area contributed by atoms with Crippen LogP contribution in [0.25, 0.3) is 0 Å². The maximum absolute atomic E-state index is 8.75. The first-order chi connectivity index (χ1) is 8.33. The predicted molar refractivity (Wildman–Crippen MR) is 66.6 cm³/mol. The molecule has 0 aliphatic carbocycles. The molecule has 3 nitrogen and oxygen atoms in total. The van der Waals surface area contributed by atoms with Gasteiger partial charge in [0.15, 0.2) is 0 Å². The van der Waals surface area contributed by atoms with E-state index in [4.69, 9.17) is 10.00 Å². The fraction of sp³-hybridized carbons (Fsp3) is 0.500. The van der Waals surface area contributed by atoms with E-state index in [0.717, 1.165) is 31.6 Å². The minimum atomic E-state index is 0.529. The van der Waals surface area contributed by atoms with Crippen LogP contribution >= 0.6 is 0 Å². The van der Waals surface area contributed by atoms with E-state index in [1.54, 1.807) is 0 Å². The Morgan fingerprint density at radius 2 is 2.18 bits per heavy atom. The van der Waals surface area contributed by atoms with Crippen molar-refractivity contribution in [2.24, 2.45) is 5.92 Å². The molecule has 0 aromatic heterocycles. The number of nitrogens with zero attached hydrogens (tertiary/aromatic N) is 1. The first-order valence-corrected chi connectivity index (χ1v) is 6.07. The van der Waals surface area contributed by atoms with Gasteiger partial charge in [-0.2, -0.15) is 5.26 Å². The molecule has 17 heavy (non-hydrogen) atoms. The number of hydrogen-bond acceptors (Lipinski definition) is 3. The highest BCUT2D eigenvalue weighted by atomic mass is 16.5. The third kappa shape index (κ3) is 3.06. The lowest BCUT2D eigenvalue weighted by molar-refractivity contribution is 0.0342. The highest BCUT2D eigenvalue weighted by Gasteiger charge is 2.24. The van der Waals surface area contributed by atoms with Gasteiger partial charge in [0.1, 0.15) is 0 Å². The highest BCUT2D eigenvalue weighted by molar-refractivity contribution is 5.31. The Balaban J connectivity index is 2.01. The van der Waals surface area contributed by atoms with Crippen LogP contribution in [-0.2, 0) is 11.2 Å². The van der Waals surface area contributed by atoms with Crippen molar-refractivity contribution in [3.8, 4) is 6.07 Å². The van der Waals surface area contributed by atoms with Gasteiger partial charge >= 0.3 is 0 Å². The SMILES string of the molecule is CN[C@@H]1CCOC[C@@H]1Cc1ccc(C#N)cc1. The van der Waals surface area contributed by atoms with E-state index in [2.05, 4.69) is 11.4 Å². The summed E-state index contributed by atoms with van der Waals surface area (Å²) in [4.78, 5) is 0. The summed E-state index contributed by atoms with van der Waals surface area (Å²) < 4.78 is 5.54. The largest absolute Gasteiger partial charge is 0.381 e. The first kappa shape index (κ1) is 12.1. The van der Waals surface area contributed by atoms with E-state index in [1.165, 1.54) is 5.56 Å². The topological polar surface area (TPSA) is 45.0 Å². The van der Waals surface area contributed by atoms with E-state index in [1.807, 2.05) is 31.3 Å². The van der Waals surface area contributed by atoms with Crippen LogP contribution in [0, 0.1) is 17.2 Å². The Morgan fingerprint density at radius 1 is 1.41 bits per heavy atom. The van der Waals surface area contributed by atoms with Crippen LogP contribution < -0.4 is 5.32 Å². The van der Waals surface area contributed by atoms with Crippen molar-refractivity contribution in [1.29, 1.82) is 5.26 Å². The second-order valence-corrected chi connectivity index (χ2v) is 4.53. The number of hydrogen-bond donors (Lipinski definition) is 1. The number of benzene rings is 1. The van der Waals surface area contributed by atoms with E-state index < -0.39 is 0 Å². The number of nitriles is 1. The molecule has 1 aliphatic heterocycles. The van der Waals surface area contributed by atoms with Gasteiger partial charge in [-0.1, -0.05) is 12.1 Å². The standard InChI is InChI=1S/C14H18N2O/c1-16-14-6-7-17-10-13(14)8-11-2-4-12(9-15)5-3-11/h2-5,13-14,16H,6-8,10H2,1H3/t13-,14+/m0/s1. The molecule has 1 aromatic carbocycles. The van der Waals surface area contributed by atoms with E-state index in [0.29, 0.717) is 12.0 Å². The molecule has 0 bridgehead atoms. The second kappa shape index (κ2) is 5.81. The monoisotopic (exact) mass is 230 g/mol. The molecule has 0 saturated carbocycles. The Bertz CT molecular complexity index is 394. The zero-order valence-electron chi connectivity index (χ0n) is 10.1. The van der Waals surface area contributed by atoms with Gasteiger partial charge in [0.25, 0.3) is 0 Å². The molecule has 1 aromatic rings. The lowest BCUT2D eigenvalue weighted by Crippen LogP contribution is -2.41. The maximum atomic E-state index is 8.75. The Kier molecular flexibility index (Phi) is 4.13. The Morgan fingerprint density at radius 3 is 2.82 bits per heavy atom. The normalized spacial score (nSPS) is 24.2. The molecule has 3 heteroatoms. The van der Waals surface area contributed by atoms with Gasteiger partial charge in [-0.3, -0.25) is 0 Å². The second-order valence-electron chi connectivity index (χ2n) is 4.53. The number of nitrogens with one attached hydrogen (secondary N) is 1. The Labute approximate surface area is 102 Å². The van der Waals surface area contributed by atoms with Crippen LogP contribution in [0.4, 0.5) is 0 Å². The molecule has 1 fully saturated rings. The fourth-order valence-electron chi connectivity index (χ4n) is 2.40. The molecule has 90 valence electrons. The number of rotatable bonds is 3. The molecule has 2 rings (SSSR count). The summed E-state index contributed by atoms with van der Waals surface area (Å²) in [5, 5.41) is 12.1. The van der Waals surface area contributed by atoms with Gasteiger partial charge in [0.05, 0.1) is 18.2 Å². The van der Waals surface area contributed by atoms with Crippen LogP contribution in [0.2, 0.25) is 0 Å². The van der Waals surface area contributed by atoms with Crippen molar-refractivity contribution < 1.29 is 4.74 Å². The smallest absolute Gasteiger partial charge is 0.0991 e. The molecule has 0 spiro atoms. The summed E-state index contributed by atoms with van der Waals surface area (Å²) in [5.41, 5.74) is 2.00. The molecule has 2 atom stereocenters. The summed E-state index contributed by atoms with van der Waals surface area (Å²) in [6, 6.07) is 10.5. The van der Waals surface area contributed by atoms with Crippen LogP contribution in [0.5, 0.6) is 0 Å². The van der Waals surface area contributed by atoms with Crippen LogP contribution in [0.1, 0.15) is 17.5 Å². The molecule has 1 saturated heterocycles. The van der Waals surface area contributed by atoms with E-state index in [-0.39, 0.29) is 0 Å². The van der Waals surface area contributed by atoms with Crippen molar-refractivity contribution >= 4 is 0 Å². The molecule has 0 amide bonds. The predicted octanol–water partition coefficient (Wildman–Crippen LogP) is 1.73. The van der Waals surface area contributed by atoms with Crippen LogP contribution in [0.3, 0.4) is 0 Å².